The predicted molar refractivity (Wildman–Crippen MR) is 158 cm³/mol. The number of nitrogens with zero attached hydrogens (tertiary/aromatic N) is 2. The number of benzene rings is 1. The molecule has 2 N–H and O–H groups in total. The van der Waals surface area contributed by atoms with E-state index in [4.69, 9.17) is 10.2 Å². The van der Waals surface area contributed by atoms with Gasteiger partial charge in [0, 0.05) is 18.9 Å². The second kappa shape index (κ2) is 22.4. The minimum absolute atomic E-state index is 0.109. The van der Waals surface area contributed by atoms with Crippen LogP contribution in [-0.2, 0) is 11.8 Å². The number of rotatable bonds is 22. The van der Waals surface area contributed by atoms with E-state index < -0.39 is 11.9 Å². The average molecular weight is 529 g/mol. The van der Waals surface area contributed by atoms with E-state index in [1.807, 2.05) is 18.2 Å². The normalized spacial score (nSPS) is 10.8. The molecule has 0 atom stereocenters. The molecule has 6 nitrogen and oxygen atoms in total. The number of fused-ring (bicyclic) bond motifs is 1. The van der Waals surface area contributed by atoms with Gasteiger partial charge in [-0.2, -0.15) is 5.10 Å². The van der Waals surface area contributed by atoms with E-state index in [9.17, 15) is 9.59 Å². The number of allylic oxidation sites excluding steroid dienone is 1. The van der Waals surface area contributed by atoms with Crippen molar-refractivity contribution in [2.45, 2.75) is 128 Å². The highest BCUT2D eigenvalue weighted by molar-refractivity contribution is 6.01. The fourth-order valence-corrected chi connectivity index (χ4v) is 4.77. The van der Waals surface area contributed by atoms with Crippen LogP contribution < -0.4 is 0 Å². The van der Waals surface area contributed by atoms with Gasteiger partial charge in [0.2, 0.25) is 0 Å². The molecule has 0 bridgehead atoms. The second-order valence-electron chi connectivity index (χ2n) is 10.4. The lowest BCUT2D eigenvalue weighted by Gasteiger charge is -2.03. The molecule has 38 heavy (non-hydrogen) atoms. The summed E-state index contributed by atoms with van der Waals surface area (Å²) in [5.41, 5.74) is 0.943. The smallest absolute Gasteiger partial charge is 0.357 e. The number of hydrogen-bond donors (Lipinski definition) is 2. The minimum Gasteiger partial charge on any atom is -0.481 e. The van der Waals surface area contributed by atoms with Gasteiger partial charge in [-0.25, -0.2) is 4.79 Å². The molecule has 0 saturated carbocycles. The summed E-state index contributed by atoms with van der Waals surface area (Å²) in [4.78, 5) is 21.1. The number of aromatic carboxylic acids is 1. The van der Waals surface area contributed by atoms with Crippen LogP contribution in [0.1, 0.15) is 139 Å². The summed E-state index contributed by atoms with van der Waals surface area (Å²) < 4.78 is 1.57. The van der Waals surface area contributed by atoms with E-state index in [0.29, 0.717) is 11.8 Å². The Morgan fingerprint density at radius 1 is 0.737 bits per heavy atom. The van der Waals surface area contributed by atoms with Gasteiger partial charge in [0.05, 0.1) is 5.52 Å². The first-order chi connectivity index (χ1) is 18.5. The highest BCUT2D eigenvalue weighted by Gasteiger charge is 2.13. The van der Waals surface area contributed by atoms with Crippen molar-refractivity contribution in [3.05, 3.63) is 42.6 Å². The zero-order valence-corrected chi connectivity index (χ0v) is 23.8. The summed E-state index contributed by atoms with van der Waals surface area (Å²) in [6.45, 7) is 3.77. The Kier molecular flexibility index (Phi) is 19.7. The topological polar surface area (TPSA) is 92.4 Å². The van der Waals surface area contributed by atoms with Crippen molar-refractivity contribution in [2.24, 2.45) is 7.05 Å². The van der Waals surface area contributed by atoms with E-state index in [0.717, 1.165) is 18.4 Å². The SMILES string of the molecule is C=CCCCCCCCCCCCCCCCCCCCCC(=O)O.Cn1nc(C(=O)O)c2ccccc21. The Morgan fingerprint density at radius 2 is 1.16 bits per heavy atom. The predicted octanol–water partition coefficient (Wildman–Crippen LogP) is 9.33. The van der Waals surface area contributed by atoms with Gasteiger partial charge < -0.3 is 10.2 Å². The summed E-state index contributed by atoms with van der Waals surface area (Å²) in [5.74, 6) is -1.64. The molecule has 0 amide bonds. The fraction of sp³-hybridized carbons (Fsp3) is 0.656. The van der Waals surface area contributed by atoms with Crippen LogP contribution in [0, 0.1) is 0 Å². The lowest BCUT2D eigenvalue weighted by molar-refractivity contribution is -0.137. The molecule has 0 aliphatic carbocycles. The number of hydrogen-bond acceptors (Lipinski definition) is 3. The van der Waals surface area contributed by atoms with Crippen molar-refractivity contribution >= 4 is 22.8 Å². The minimum atomic E-state index is -0.989. The molecule has 2 rings (SSSR count). The standard InChI is InChI=1S/C23H44O2.C9H8N2O2/c1-2-3-4-5-6-7-8-9-10-11-12-13-14-15-16-17-18-19-20-21-22-23(24)25;1-11-7-5-3-2-4-6(7)8(10-11)9(12)13/h2H,1,3-22H2,(H,24,25);2-5H,1H3,(H,12,13). The summed E-state index contributed by atoms with van der Waals surface area (Å²) in [5, 5.41) is 22.0. The summed E-state index contributed by atoms with van der Waals surface area (Å²) in [6.07, 6.45) is 27.6. The van der Waals surface area contributed by atoms with Gasteiger partial charge in [-0.3, -0.25) is 9.48 Å². The fourth-order valence-electron chi connectivity index (χ4n) is 4.77. The van der Waals surface area contributed by atoms with Crippen LogP contribution in [0.3, 0.4) is 0 Å². The maximum absolute atomic E-state index is 10.8. The Labute approximate surface area is 230 Å². The van der Waals surface area contributed by atoms with E-state index in [1.54, 1.807) is 23.9 Å². The number of unbranched alkanes of at least 4 members (excludes halogenated alkanes) is 18. The number of carbonyl (C=O) groups is 2. The molecule has 6 heteroatoms. The van der Waals surface area contributed by atoms with Gasteiger partial charge in [0.25, 0.3) is 0 Å². The molecule has 1 aromatic carbocycles. The molecular weight excluding hydrogens is 476 g/mol. The van der Waals surface area contributed by atoms with Crippen molar-refractivity contribution in [2.75, 3.05) is 0 Å². The quantitative estimate of drug-likeness (QED) is 0.117. The molecule has 0 fully saturated rings. The van der Waals surface area contributed by atoms with Crippen LogP contribution in [0.5, 0.6) is 0 Å². The number of aryl methyl sites for hydroxylation is 1. The van der Waals surface area contributed by atoms with Gasteiger partial charge >= 0.3 is 11.9 Å². The number of carboxylic acids is 2. The van der Waals surface area contributed by atoms with E-state index in [-0.39, 0.29) is 5.69 Å². The van der Waals surface area contributed by atoms with E-state index in [2.05, 4.69) is 11.7 Å². The van der Waals surface area contributed by atoms with Crippen LogP contribution in [-0.4, -0.2) is 31.9 Å². The van der Waals surface area contributed by atoms with Crippen LogP contribution in [0.25, 0.3) is 10.9 Å². The van der Waals surface area contributed by atoms with Crippen molar-refractivity contribution in [3.8, 4) is 0 Å². The summed E-state index contributed by atoms with van der Waals surface area (Å²) in [6, 6.07) is 7.26. The largest absolute Gasteiger partial charge is 0.481 e. The molecule has 0 unspecified atom stereocenters. The third-order valence-electron chi connectivity index (χ3n) is 7.01. The Morgan fingerprint density at radius 3 is 1.58 bits per heavy atom. The van der Waals surface area contributed by atoms with Crippen LogP contribution in [0.15, 0.2) is 36.9 Å². The average Bonchev–Trinajstić information content (AvgIpc) is 3.24. The molecule has 214 valence electrons. The Balaban J connectivity index is 0.000000457. The molecule has 0 spiro atoms. The Bertz CT molecular complexity index is 906. The van der Waals surface area contributed by atoms with Gasteiger partial charge in [-0.1, -0.05) is 127 Å². The van der Waals surface area contributed by atoms with Crippen molar-refractivity contribution in [3.63, 3.8) is 0 Å². The molecule has 0 saturated heterocycles. The number of aliphatic carboxylic acids is 1. The molecule has 1 heterocycles. The first-order valence-corrected chi connectivity index (χ1v) is 14.9. The maximum Gasteiger partial charge on any atom is 0.357 e. The Hall–Kier alpha value is -2.63. The van der Waals surface area contributed by atoms with Gasteiger partial charge in [-0.05, 0) is 25.3 Å². The molecular formula is C32H52N2O4. The van der Waals surface area contributed by atoms with Gasteiger partial charge in [-0.15, -0.1) is 6.58 Å². The first kappa shape index (κ1) is 33.4. The molecule has 1 aromatic heterocycles. The van der Waals surface area contributed by atoms with E-state index >= 15 is 0 Å². The van der Waals surface area contributed by atoms with Crippen molar-refractivity contribution < 1.29 is 19.8 Å². The van der Waals surface area contributed by atoms with Crippen LogP contribution in [0.4, 0.5) is 0 Å². The molecule has 2 aromatic rings. The van der Waals surface area contributed by atoms with Crippen LogP contribution in [0.2, 0.25) is 0 Å². The third kappa shape index (κ3) is 16.3. The monoisotopic (exact) mass is 528 g/mol. The highest BCUT2D eigenvalue weighted by atomic mass is 16.4. The first-order valence-electron chi connectivity index (χ1n) is 14.9. The third-order valence-corrected chi connectivity index (χ3v) is 7.01. The lowest BCUT2D eigenvalue weighted by Crippen LogP contribution is -1.99. The zero-order chi connectivity index (χ0) is 27.8. The molecule has 0 radical (unpaired) electrons. The number of aromatic nitrogens is 2. The van der Waals surface area contributed by atoms with Gasteiger partial charge in [0.1, 0.15) is 0 Å². The summed E-state index contributed by atoms with van der Waals surface area (Å²) in [7, 11) is 1.73. The van der Waals surface area contributed by atoms with Crippen LogP contribution >= 0.6 is 0 Å². The zero-order valence-electron chi connectivity index (χ0n) is 23.8. The van der Waals surface area contributed by atoms with Crippen molar-refractivity contribution in [1.82, 2.24) is 9.78 Å². The van der Waals surface area contributed by atoms with Crippen molar-refractivity contribution in [1.29, 1.82) is 0 Å². The lowest BCUT2D eigenvalue weighted by atomic mass is 10.0. The van der Waals surface area contributed by atoms with Gasteiger partial charge in [0.15, 0.2) is 5.69 Å². The maximum atomic E-state index is 10.8. The number of carboxylic acid groups (broad SMARTS) is 2. The summed E-state index contributed by atoms with van der Waals surface area (Å²) >= 11 is 0. The highest BCUT2D eigenvalue weighted by Crippen LogP contribution is 2.17. The van der Waals surface area contributed by atoms with E-state index in [1.165, 1.54) is 109 Å². The molecule has 0 aliphatic heterocycles. The number of para-hydroxylation sites is 1. The molecule has 0 aliphatic rings. The second-order valence-corrected chi connectivity index (χ2v) is 10.4.